The van der Waals surface area contributed by atoms with Crippen LogP contribution in [0.2, 0.25) is 0 Å². The van der Waals surface area contributed by atoms with Crippen molar-refractivity contribution in [1.29, 1.82) is 0 Å². The van der Waals surface area contributed by atoms with Gasteiger partial charge < -0.3 is 15.4 Å². The highest BCUT2D eigenvalue weighted by molar-refractivity contribution is 14.0. The fourth-order valence-corrected chi connectivity index (χ4v) is 3.00. The van der Waals surface area contributed by atoms with Crippen LogP contribution >= 0.6 is 35.7 Å². The standard InChI is InChI=1S/C18H24N4OS.HI/c1-14(24-16-7-5-4-6-8-16)11-21-18(19-2)22-13-15-9-10-17(23-3)20-12-15;/h4-10,12,14H,11,13H2,1-3H3,(H2,19,21,22);1H. The van der Waals surface area contributed by atoms with Gasteiger partial charge in [-0.1, -0.05) is 31.2 Å². The molecule has 0 fully saturated rings. The third kappa shape index (κ3) is 7.96. The predicted octanol–water partition coefficient (Wildman–Crippen LogP) is 3.55. The smallest absolute Gasteiger partial charge is 0.212 e. The molecule has 1 heterocycles. The van der Waals surface area contributed by atoms with Gasteiger partial charge in [0.2, 0.25) is 5.88 Å². The van der Waals surface area contributed by atoms with Gasteiger partial charge in [0, 0.05) is 42.5 Å². The number of pyridine rings is 1. The number of hydrogen-bond acceptors (Lipinski definition) is 4. The molecule has 1 unspecified atom stereocenters. The van der Waals surface area contributed by atoms with Crippen molar-refractivity contribution in [3.63, 3.8) is 0 Å². The molecule has 5 nitrogen and oxygen atoms in total. The number of thioether (sulfide) groups is 1. The van der Waals surface area contributed by atoms with Crippen LogP contribution in [0.5, 0.6) is 5.88 Å². The molecular formula is C18H25IN4OS. The molecule has 0 radical (unpaired) electrons. The second-order valence-corrected chi connectivity index (χ2v) is 6.77. The Morgan fingerprint density at radius 3 is 2.56 bits per heavy atom. The molecule has 25 heavy (non-hydrogen) atoms. The second kappa shape index (κ2) is 12.0. The van der Waals surface area contributed by atoms with Gasteiger partial charge in [-0.25, -0.2) is 4.98 Å². The van der Waals surface area contributed by atoms with Crippen molar-refractivity contribution in [1.82, 2.24) is 15.6 Å². The van der Waals surface area contributed by atoms with Crippen molar-refractivity contribution < 1.29 is 4.74 Å². The van der Waals surface area contributed by atoms with Gasteiger partial charge >= 0.3 is 0 Å². The maximum atomic E-state index is 5.06. The van der Waals surface area contributed by atoms with E-state index < -0.39 is 0 Å². The van der Waals surface area contributed by atoms with Crippen molar-refractivity contribution in [3.05, 3.63) is 54.2 Å². The van der Waals surface area contributed by atoms with Gasteiger partial charge in [-0.05, 0) is 17.7 Å². The van der Waals surface area contributed by atoms with Crippen LogP contribution in [0, 0.1) is 0 Å². The molecule has 0 amide bonds. The van der Waals surface area contributed by atoms with Gasteiger partial charge in [0.05, 0.1) is 7.11 Å². The highest BCUT2D eigenvalue weighted by atomic mass is 127. The van der Waals surface area contributed by atoms with Gasteiger partial charge in [0.25, 0.3) is 0 Å². The summed E-state index contributed by atoms with van der Waals surface area (Å²) in [5.41, 5.74) is 1.07. The van der Waals surface area contributed by atoms with Crippen LogP contribution in [0.1, 0.15) is 12.5 Å². The number of methoxy groups -OCH3 is 1. The molecule has 2 rings (SSSR count). The number of nitrogens with one attached hydrogen (secondary N) is 2. The van der Waals surface area contributed by atoms with E-state index in [4.69, 9.17) is 4.74 Å². The first-order chi connectivity index (χ1) is 11.7. The lowest BCUT2D eigenvalue weighted by Gasteiger charge is -2.16. The van der Waals surface area contributed by atoms with Crippen molar-refractivity contribution in [2.24, 2.45) is 4.99 Å². The molecule has 0 saturated carbocycles. The van der Waals surface area contributed by atoms with E-state index in [9.17, 15) is 0 Å². The predicted molar refractivity (Wildman–Crippen MR) is 116 cm³/mol. The molecular weight excluding hydrogens is 447 g/mol. The van der Waals surface area contributed by atoms with E-state index in [2.05, 4.69) is 51.8 Å². The number of benzene rings is 1. The summed E-state index contributed by atoms with van der Waals surface area (Å²) in [4.78, 5) is 9.73. The van der Waals surface area contributed by atoms with Crippen molar-refractivity contribution >= 4 is 41.7 Å². The summed E-state index contributed by atoms with van der Waals surface area (Å²) >= 11 is 1.85. The summed E-state index contributed by atoms with van der Waals surface area (Å²) in [7, 11) is 3.39. The number of nitrogens with zero attached hydrogens (tertiary/aromatic N) is 2. The minimum absolute atomic E-state index is 0. The van der Waals surface area contributed by atoms with E-state index in [1.807, 2.05) is 30.0 Å². The van der Waals surface area contributed by atoms with Gasteiger partial charge in [0.1, 0.15) is 0 Å². The number of aliphatic imine (C=N–C) groups is 1. The van der Waals surface area contributed by atoms with Crippen LogP contribution in [-0.2, 0) is 6.54 Å². The van der Waals surface area contributed by atoms with Crippen LogP contribution in [0.25, 0.3) is 0 Å². The van der Waals surface area contributed by atoms with Crippen molar-refractivity contribution in [2.45, 2.75) is 23.6 Å². The fourth-order valence-electron chi connectivity index (χ4n) is 2.06. The number of aromatic nitrogens is 1. The van der Waals surface area contributed by atoms with E-state index in [0.717, 1.165) is 18.1 Å². The summed E-state index contributed by atoms with van der Waals surface area (Å²) in [6.07, 6.45) is 1.80. The Hall–Kier alpha value is -1.48. The third-order valence-corrected chi connectivity index (χ3v) is 4.44. The van der Waals surface area contributed by atoms with Crippen LogP contribution in [0.4, 0.5) is 0 Å². The zero-order valence-electron chi connectivity index (χ0n) is 14.7. The molecule has 1 aromatic heterocycles. The highest BCUT2D eigenvalue weighted by Crippen LogP contribution is 2.21. The van der Waals surface area contributed by atoms with E-state index in [1.165, 1.54) is 4.90 Å². The summed E-state index contributed by atoms with van der Waals surface area (Å²) in [5, 5.41) is 7.08. The van der Waals surface area contributed by atoms with Crippen LogP contribution < -0.4 is 15.4 Å². The highest BCUT2D eigenvalue weighted by Gasteiger charge is 2.06. The Bertz CT molecular complexity index is 637. The molecule has 2 aromatic rings. The maximum absolute atomic E-state index is 5.06. The lowest BCUT2D eigenvalue weighted by Crippen LogP contribution is -2.39. The molecule has 0 bridgehead atoms. The average molecular weight is 472 g/mol. The lowest BCUT2D eigenvalue weighted by atomic mass is 10.3. The Labute approximate surface area is 171 Å². The Balaban J connectivity index is 0.00000312. The molecule has 1 atom stereocenters. The third-order valence-electron chi connectivity index (χ3n) is 3.33. The molecule has 136 valence electrons. The molecule has 1 aromatic carbocycles. The Morgan fingerprint density at radius 2 is 1.96 bits per heavy atom. The number of hydrogen-bond donors (Lipinski definition) is 2. The Kier molecular flexibility index (Phi) is 10.3. The minimum Gasteiger partial charge on any atom is -0.481 e. The molecule has 0 aliphatic heterocycles. The van der Waals surface area contributed by atoms with E-state index >= 15 is 0 Å². The van der Waals surface area contributed by atoms with Gasteiger partial charge in [-0.2, -0.15) is 0 Å². The number of halogens is 1. The molecule has 2 N–H and O–H groups in total. The van der Waals surface area contributed by atoms with Crippen molar-refractivity contribution in [2.75, 3.05) is 20.7 Å². The van der Waals surface area contributed by atoms with Crippen molar-refractivity contribution in [3.8, 4) is 5.88 Å². The first-order valence-corrected chi connectivity index (χ1v) is 8.74. The lowest BCUT2D eigenvalue weighted by molar-refractivity contribution is 0.397. The average Bonchev–Trinajstić information content (AvgIpc) is 2.63. The molecule has 0 aliphatic rings. The summed E-state index contributed by atoms with van der Waals surface area (Å²) in [6, 6.07) is 14.3. The molecule has 7 heteroatoms. The quantitative estimate of drug-likeness (QED) is 0.280. The molecule has 0 aliphatic carbocycles. The summed E-state index contributed by atoms with van der Waals surface area (Å²) in [6.45, 7) is 3.70. The number of ether oxygens (including phenoxy) is 1. The van der Waals surface area contributed by atoms with E-state index in [1.54, 1.807) is 20.4 Å². The summed E-state index contributed by atoms with van der Waals surface area (Å²) in [5.74, 6) is 1.40. The summed E-state index contributed by atoms with van der Waals surface area (Å²) < 4.78 is 5.06. The first kappa shape index (κ1) is 21.6. The number of rotatable bonds is 7. The second-order valence-electron chi connectivity index (χ2n) is 5.26. The molecule has 0 saturated heterocycles. The first-order valence-electron chi connectivity index (χ1n) is 7.86. The van der Waals surface area contributed by atoms with Gasteiger partial charge in [-0.3, -0.25) is 4.99 Å². The van der Waals surface area contributed by atoms with Crippen LogP contribution in [0.15, 0.2) is 58.5 Å². The monoisotopic (exact) mass is 472 g/mol. The maximum Gasteiger partial charge on any atom is 0.212 e. The normalized spacial score (nSPS) is 12.0. The zero-order valence-corrected chi connectivity index (χ0v) is 17.9. The minimum atomic E-state index is 0. The molecule has 0 spiro atoms. The van der Waals surface area contributed by atoms with Crippen LogP contribution in [0.3, 0.4) is 0 Å². The Morgan fingerprint density at radius 1 is 1.20 bits per heavy atom. The largest absolute Gasteiger partial charge is 0.481 e. The number of guanidine groups is 1. The van der Waals surface area contributed by atoms with Crippen LogP contribution in [-0.4, -0.2) is 36.9 Å². The van der Waals surface area contributed by atoms with Gasteiger partial charge in [0.15, 0.2) is 5.96 Å². The van der Waals surface area contributed by atoms with E-state index in [-0.39, 0.29) is 24.0 Å². The van der Waals surface area contributed by atoms with Gasteiger partial charge in [-0.15, -0.1) is 35.7 Å². The fraction of sp³-hybridized carbons (Fsp3) is 0.333. The SMILES string of the molecule is CN=C(NCc1ccc(OC)nc1)NCC(C)Sc1ccccc1.I. The topological polar surface area (TPSA) is 58.5 Å². The van der Waals surface area contributed by atoms with E-state index in [0.29, 0.717) is 17.7 Å². The zero-order chi connectivity index (χ0) is 17.2.